The highest BCUT2D eigenvalue weighted by molar-refractivity contribution is 14.1. The lowest BCUT2D eigenvalue weighted by molar-refractivity contribution is 0.0801. The highest BCUT2D eigenvalue weighted by Crippen LogP contribution is 2.08. The van der Waals surface area contributed by atoms with Gasteiger partial charge in [-0.05, 0) is 28.6 Å². The number of hydrogen-bond donors (Lipinski definition) is 2. The van der Waals surface area contributed by atoms with E-state index in [0.29, 0.717) is 12.2 Å². The van der Waals surface area contributed by atoms with E-state index in [9.17, 15) is 10.0 Å². The molecule has 2 N–H and O–H groups in total. The molecule has 0 saturated carbocycles. The van der Waals surface area contributed by atoms with Crippen LogP contribution in [0.2, 0.25) is 25.7 Å². The lowest BCUT2D eigenvalue weighted by atomic mass is 9.86. The van der Waals surface area contributed by atoms with Gasteiger partial charge in [-0.1, -0.05) is 19.6 Å². The fourth-order valence-electron chi connectivity index (χ4n) is 1.26. The Morgan fingerprint density at radius 3 is 2.65 bits per heavy atom. The molecule has 0 unspecified atom stereocenters. The smallest absolute Gasteiger partial charge is 0.422 e. The van der Waals surface area contributed by atoms with Gasteiger partial charge in [-0.15, -0.1) is 0 Å². The first-order valence-electron chi connectivity index (χ1n) is 5.46. The van der Waals surface area contributed by atoms with E-state index in [2.05, 4.69) is 24.7 Å². The summed E-state index contributed by atoms with van der Waals surface area (Å²) in [6, 6.07) is 1.09. The van der Waals surface area contributed by atoms with E-state index >= 15 is 0 Å². The maximum absolute atomic E-state index is 9.20. The quantitative estimate of drug-likeness (QED) is 0.436. The average molecular weight is 368 g/mol. The van der Waals surface area contributed by atoms with Gasteiger partial charge in [-0.25, -0.2) is 4.68 Å². The molecule has 1 aromatic rings. The molecule has 96 valence electrons. The Kier molecular flexibility index (Phi) is 5.64. The zero-order valence-corrected chi connectivity index (χ0v) is 13.5. The number of hydrogen-bond acceptors (Lipinski definition) is 4. The summed E-state index contributed by atoms with van der Waals surface area (Å²) >= 11 is 2.02. The SMILES string of the molecule is C[Si](C)(C)CCOCn1ncc(I)c1B(O)O. The predicted molar refractivity (Wildman–Crippen MR) is 78.9 cm³/mol. The Balaban J connectivity index is 2.47. The van der Waals surface area contributed by atoms with Crippen molar-refractivity contribution in [3.63, 3.8) is 0 Å². The summed E-state index contributed by atoms with van der Waals surface area (Å²) in [6.45, 7) is 7.82. The Hall–Kier alpha value is 0.102. The summed E-state index contributed by atoms with van der Waals surface area (Å²) in [5.74, 6) is 0. The van der Waals surface area contributed by atoms with Crippen LogP contribution in [0.3, 0.4) is 0 Å². The second-order valence-electron chi connectivity index (χ2n) is 5.10. The molecule has 0 fully saturated rings. The Morgan fingerprint density at radius 2 is 2.12 bits per heavy atom. The molecule has 17 heavy (non-hydrogen) atoms. The van der Waals surface area contributed by atoms with Crippen molar-refractivity contribution in [1.82, 2.24) is 9.78 Å². The van der Waals surface area contributed by atoms with Crippen LogP contribution in [0.1, 0.15) is 0 Å². The van der Waals surface area contributed by atoms with Crippen LogP contribution in [0.15, 0.2) is 6.20 Å². The highest BCUT2D eigenvalue weighted by atomic mass is 127. The fraction of sp³-hybridized carbons (Fsp3) is 0.667. The molecule has 0 saturated heterocycles. The van der Waals surface area contributed by atoms with Crippen LogP contribution in [0, 0.1) is 3.57 Å². The molecule has 0 spiro atoms. The number of rotatable bonds is 6. The minimum atomic E-state index is -1.51. The maximum atomic E-state index is 9.20. The van der Waals surface area contributed by atoms with Crippen LogP contribution in [0.4, 0.5) is 0 Å². The zero-order chi connectivity index (χ0) is 13.1. The van der Waals surface area contributed by atoms with Crippen molar-refractivity contribution >= 4 is 43.4 Å². The highest BCUT2D eigenvalue weighted by Gasteiger charge is 2.21. The third-order valence-electron chi connectivity index (χ3n) is 2.29. The van der Waals surface area contributed by atoms with Crippen molar-refractivity contribution in [2.24, 2.45) is 0 Å². The molecule has 8 heteroatoms. The van der Waals surface area contributed by atoms with Gasteiger partial charge < -0.3 is 14.8 Å². The van der Waals surface area contributed by atoms with Gasteiger partial charge in [-0.3, -0.25) is 0 Å². The van der Waals surface area contributed by atoms with Crippen molar-refractivity contribution < 1.29 is 14.8 Å². The third-order valence-corrected chi connectivity index (χ3v) is 4.82. The van der Waals surface area contributed by atoms with Gasteiger partial charge >= 0.3 is 7.12 Å². The lowest BCUT2D eigenvalue weighted by Gasteiger charge is -2.15. The van der Waals surface area contributed by atoms with E-state index in [1.165, 1.54) is 4.68 Å². The van der Waals surface area contributed by atoms with Crippen LogP contribution in [-0.2, 0) is 11.5 Å². The van der Waals surface area contributed by atoms with Gasteiger partial charge in [0.25, 0.3) is 0 Å². The van der Waals surface area contributed by atoms with Gasteiger partial charge in [0.1, 0.15) is 6.73 Å². The topological polar surface area (TPSA) is 67.5 Å². The van der Waals surface area contributed by atoms with Crippen molar-refractivity contribution in [2.45, 2.75) is 32.4 Å². The van der Waals surface area contributed by atoms with Crippen molar-refractivity contribution in [3.05, 3.63) is 9.77 Å². The van der Waals surface area contributed by atoms with Crippen LogP contribution >= 0.6 is 22.6 Å². The van der Waals surface area contributed by atoms with E-state index in [1.54, 1.807) is 6.20 Å². The monoisotopic (exact) mass is 368 g/mol. The molecule has 1 aromatic heterocycles. The van der Waals surface area contributed by atoms with E-state index in [-0.39, 0.29) is 6.73 Å². The molecular formula is C9H18BIN2O3Si. The molecule has 0 aliphatic rings. The van der Waals surface area contributed by atoms with E-state index in [1.807, 2.05) is 22.6 Å². The number of halogens is 1. The van der Waals surface area contributed by atoms with Gasteiger partial charge in [0, 0.05) is 14.7 Å². The maximum Gasteiger partial charge on any atom is 0.509 e. The predicted octanol–water partition coefficient (Wildman–Crippen LogP) is 0.480. The molecule has 0 aliphatic carbocycles. The molecule has 0 aromatic carbocycles. The fourth-order valence-corrected chi connectivity index (χ4v) is 2.70. The molecule has 0 atom stereocenters. The first-order chi connectivity index (χ1) is 7.81. The largest absolute Gasteiger partial charge is 0.509 e. The van der Waals surface area contributed by atoms with Crippen molar-refractivity contribution in [3.8, 4) is 0 Å². The van der Waals surface area contributed by atoms with Crippen molar-refractivity contribution in [2.75, 3.05) is 6.61 Å². The Labute approximate surface area is 116 Å². The molecule has 0 bridgehead atoms. The van der Waals surface area contributed by atoms with E-state index in [0.717, 1.165) is 9.61 Å². The summed E-state index contributed by atoms with van der Waals surface area (Å²) < 4.78 is 7.72. The Morgan fingerprint density at radius 1 is 1.47 bits per heavy atom. The standard InChI is InChI=1S/C9H18BIN2O3Si/c1-17(2,3)5-4-16-7-13-9(10(14)15)8(11)6-12-13/h6,14-15H,4-5,7H2,1-3H3. The minimum Gasteiger partial charge on any atom is -0.422 e. The lowest BCUT2D eigenvalue weighted by Crippen LogP contribution is -2.39. The Bertz CT molecular complexity index is 368. The first-order valence-corrected chi connectivity index (χ1v) is 10.2. The van der Waals surface area contributed by atoms with Gasteiger partial charge in [0.15, 0.2) is 0 Å². The third kappa shape index (κ3) is 5.08. The normalized spacial score (nSPS) is 11.9. The number of aromatic nitrogens is 2. The average Bonchev–Trinajstić information content (AvgIpc) is 2.53. The molecule has 1 heterocycles. The molecule has 0 amide bonds. The molecule has 5 nitrogen and oxygen atoms in total. The minimum absolute atomic E-state index is 0.264. The van der Waals surface area contributed by atoms with Crippen molar-refractivity contribution in [1.29, 1.82) is 0 Å². The zero-order valence-electron chi connectivity index (χ0n) is 10.4. The molecule has 0 radical (unpaired) electrons. The summed E-state index contributed by atoms with van der Waals surface area (Å²) in [7, 11) is -2.59. The molecule has 1 rings (SSSR count). The molecular weight excluding hydrogens is 350 g/mol. The van der Waals surface area contributed by atoms with Crippen LogP contribution in [0.25, 0.3) is 0 Å². The number of ether oxygens (including phenoxy) is 1. The summed E-state index contributed by atoms with van der Waals surface area (Å²) in [5, 5.41) is 22.4. The summed E-state index contributed by atoms with van der Waals surface area (Å²) in [4.78, 5) is 0. The van der Waals surface area contributed by atoms with E-state index in [4.69, 9.17) is 4.74 Å². The number of nitrogens with zero attached hydrogens (tertiary/aromatic N) is 2. The first kappa shape index (κ1) is 15.2. The van der Waals surface area contributed by atoms with Gasteiger partial charge in [0.05, 0.1) is 15.4 Å². The second kappa shape index (κ2) is 6.32. The van der Waals surface area contributed by atoms with E-state index < -0.39 is 15.2 Å². The summed E-state index contributed by atoms with van der Waals surface area (Å²) in [5.41, 5.74) is 0.388. The van der Waals surface area contributed by atoms with Gasteiger partial charge in [-0.2, -0.15) is 5.10 Å². The summed E-state index contributed by atoms with van der Waals surface area (Å²) in [6.07, 6.45) is 1.59. The van der Waals surface area contributed by atoms with Gasteiger partial charge in [0.2, 0.25) is 0 Å². The van der Waals surface area contributed by atoms with Crippen LogP contribution in [-0.4, -0.2) is 41.6 Å². The second-order valence-corrected chi connectivity index (χ2v) is 11.9. The van der Waals surface area contributed by atoms with Crippen LogP contribution in [0.5, 0.6) is 0 Å². The molecule has 0 aliphatic heterocycles. The van der Waals surface area contributed by atoms with Crippen LogP contribution < -0.4 is 5.59 Å².